The van der Waals surface area contributed by atoms with Crippen molar-refractivity contribution in [1.82, 2.24) is 4.98 Å². The smallest absolute Gasteiger partial charge is 0.189 e. The molecule has 1 aliphatic carbocycles. The van der Waals surface area contributed by atoms with Gasteiger partial charge in [-0.25, -0.2) is 0 Å². The van der Waals surface area contributed by atoms with Crippen molar-refractivity contribution in [2.75, 3.05) is 0 Å². The molecule has 1 aromatic carbocycles. The molecule has 1 heterocycles. The lowest BCUT2D eigenvalue weighted by atomic mass is 9.86. The maximum atomic E-state index is 12.6. The number of carbonyl (C=O) groups is 1. The number of pyridine rings is 1. The summed E-state index contributed by atoms with van der Waals surface area (Å²) in [5.74, 6) is 0.872. The predicted molar refractivity (Wildman–Crippen MR) is 77.2 cm³/mol. The molecule has 0 fully saturated rings. The molecule has 1 aromatic heterocycles. The molecule has 19 heavy (non-hydrogen) atoms. The molecule has 2 nitrogen and oxygen atoms in total. The zero-order valence-corrected chi connectivity index (χ0v) is 11.1. The van der Waals surface area contributed by atoms with Gasteiger partial charge in [-0.05, 0) is 42.2 Å². The van der Waals surface area contributed by atoms with Crippen LogP contribution in [0.25, 0.3) is 10.8 Å². The molecule has 1 atom stereocenters. The number of hydrogen-bond donors (Lipinski definition) is 0. The number of Topliss-reactive ketones (excluding diaryl/α,β-unsaturated/α-hetero) is 1. The van der Waals surface area contributed by atoms with Crippen molar-refractivity contribution in [3.8, 4) is 0 Å². The number of nitrogens with zero attached hydrogens (tertiary/aromatic N) is 1. The van der Waals surface area contributed by atoms with Crippen LogP contribution in [0.3, 0.4) is 0 Å². The molecule has 2 heteroatoms. The lowest BCUT2D eigenvalue weighted by molar-refractivity contribution is 0.102. The first-order valence-electron chi connectivity index (χ1n) is 6.82. The summed E-state index contributed by atoms with van der Waals surface area (Å²) in [5, 5.41) is 2.03. The normalized spacial score (nSPS) is 19.2. The van der Waals surface area contributed by atoms with Crippen LogP contribution in [0.15, 0.2) is 48.3 Å². The van der Waals surface area contributed by atoms with E-state index in [4.69, 9.17) is 0 Å². The number of benzene rings is 1. The maximum Gasteiger partial charge on any atom is 0.189 e. The van der Waals surface area contributed by atoms with Crippen LogP contribution in [0.1, 0.15) is 36.5 Å². The molecule has 0 amide bonds. The summed E-state index contributed by atoms with van der Waals surface area (Å²) < 4.78 is 0. The van der Waals surface area contributed by atoms with Crippen molar-refractivity contribution >= 4 is 16.6 Å². The van der Waals surface area contributed by atoms with E-state index in [1.165, 1.54) is 0 Å². The van der Waals surface area contributed by atoms with Crippen molar-refractivity contribution in [2.45, 2.75) is 26.2 Å². The van der Waals surface area contributed by atoms with E-state index < -0.39 is 0 Å². The van der Waals surface area contributed by atoms with Crippen molar-refractivity contribution in [2.24, 2.45) is 5.92 Å². The van der Waals surface area contributed by atoms with Gasteiger partial charge in [-0.1, -0.05) is 31.2 Å². The molecule has 0 radical (unpaired) electrons. The molecule has 2 aromatic rings. The third-order valence-electron chi connectivity index (χ3n) is 3.89. The summed E-state index contributed by atoms with van der Waals surface area (Å²) in [7, 11) is 0. The van der Waals surface area contributed by atoms with Gasteiger partial charge in [0.25, 0.3) is 0 Å². The van der Waals surface area contributed by atoms with E-state index in [9.17, 15) is 4.79 Å². The molecule has 0 N–H and O–H groups in total. The number of carbonyl (C=O) groups excluding carboxylic acids is 1. The number of rotatable bonds is 2. The lowest BCUT2D eigenvalue weighted by Crippen LogP contribution is -2.10. The minimum absolute atomic E-state index is 0.172. The van der Waals surface area contributed by atoms with Gasteiger partial charge in [-0.2, -0.15) is 0 Å². The van der Waals surface area contributed by atoms with Crippen molar-refractivity contribution in [1.29, 1.82) is 0 Å². The highest BCUT2D eigenvalue weighted by Gasteiger charge is 2.18. The Morgan fingerprint density at radius 1 is 1.32 bits per heavy atom. The summed E-state index contributed by atoms with van der Waals surface area (Å²) >= 11 is 0. The predicted octanol–water partition coefficient (Wildman–Crippen LogP) is 4.16. The van der Waals surface area contributed by atoms with E-state index in [-0.39, 0.29) is 5.78 Å². The van der Waals surface area contributed by atoms with Gasteiger partial charge >= 0.3 is 0 Å². The third-order valence-corrected chi connectivity index (χ3v) is 3.89. The van der Waals surface area contributed by atoms with Crippen molar-refractivity contribution in [3.63, 3.8) is 0 Å². The second-order valence-corrected chi connectivity index (χ2v) is 5.34. The Labute approximate surface area is 113 Å². The molecule has 3 rings (SSSR count). The average molecular weight is 251 g/mol. The topological polar surface area (TPSA) is 30.0 Å². The summed E-state index contributed by atoms with van der Waals surface area (Å²) in [5.41, 5.74) is 1.75. The fourth-order valence-electron chi connectivity index (χ4n) is 2.66. The Morgan fingerprint density at radius 3 is 3.00 bits per heavy atom. The highest BCUT2D eigenvalue weighted by atomic mass is 16.1. The van der Waals surface area contributed by atoms with Gasteiger partial charge in [0.15, 0.2) is 5.78 Å². The Balaban J connectivity index is 2.03. The largest absolute Gasteiger partial charge is 0.289 e. The number of hydrogen-bond acceptors (Lipinski definition) is 2. The quantitative estimate of drug-likeness (QED) is 0.750. The molecule has 96 valence electrons. The Morgan fingerprint density at radius 2 is 2.21 bits per heavy atom. The molecule has 0 bridgehead atoms. The summed E-state index contributed by atoms with van der Waals surface area (Å²) in [6, 6.07) is 7.82. The monoisotopic (exact) mass is 251 g/mol. The number of aromatic nitrogens is 1. The molecule has 0 aliphatic heterocycles. The van der Waals surface area contributed by atoms with Crippen LogP contribution < -0.4 is 0 Å². The van der Waals surface area contributed by atoms with Gasteiger partial charge in [-0.3, -0.25) is 9.78 Å². The molecular weight excluding hydrogens is 234 g/mol. The van der Waals surface area contributed by atoms with Gasteiger partial charge < -0.3 is 0 Å². The summed E-state index contributed by atoms with van der Waals surface area (Å²) in [4.78, 5) is 16.8. The van der Waals surface area contributed by atoms with Gasteiger partial charge in [0, 0.05) is 23.3 Å². The van der Waals surface area contributed by atoms with Gasteiger partial charge in [0.05, 0.1) is 0 Å². The molecule has 0 spiro atoms. The SMILES string of the molecule is CC1CC=C(C(=O)c2cccc3ccncc23)CC1. The summed E-state index contributed by atoms with van der Waals surface area (Å²) in [6.45, 7) is 2.24. The molecule has 0 saturated heterocycles. The van der Waals surface area contributed by atoms with Crippen LogP contribution in [-0.2, 0) is 0 Å². The molecular formula is C17H17NO. The van der Waals surface area contributed by atoms with Crippen molar-refractivity contribution < 1.29 is 4.79 Å². The van der Waals surface area contributed by atoms with Crippen LogP contribution in [0.2, 0.25) is 0 Å². The highest BCUT2D eigenvalue weighted by Crippen LogP contribution is 2.27. The first-order chi connectivity index (χ1) is 9.25. The zero-order chi connectivity index (χ0) is 13.2. The second kappa shape index (κ2) is 4.96. The van der Waals surface area contributed by atoms with Gasteiger partial charge in [-0.15, -0.1) is 0 Å². The molecule has 0 saturated carbocycles. The van der Waals surface area contributed by atoms with E-state index in [0.717, 1.165) is 41.2 Å². The fourth-order valence-corrected chi connectivity index (χ4v) is 2.66. The Hall–Kier alpha value is -1.96. The molecule has 1 unspecified atom stereocenters. The number of ketones is 1. The van der Waals surface area contributed by atoms with E-state index in [2.05, 4.69) is 18.0 Å². The highest BCUT2D eigenvalue weighted by molar-refractivity contribution is 6.16. The standard InChI is InChI=1S/C17H17NO/c1-12-5-7-14(8-6-12)17(19)15-4-2-3-13-9-10-18-11-16(13)15/h2-4,7,9-12H,5-6,8H2,1H3. The first kappa shape index (κ1) is 12.1. The van der Waals surface area contributed by atoms with Crippen LogP contribution in [0, 0.1) is 5.92 Å². The number of fused-ring (bicyclic) bond motifs is 1. The zero-order valence-electron chi connectivity index (χ0n) is 11.1. The van der Waals surface area contributed by atoms with Gasteiger partial charge in [0.1, 0.15) is 0 Å². The summed E-state index contributed by atoms with van der Waals surface area (Å²) in [6.07, 6.45) is 8.69. The molecule has 1 aliphatic rings. The van der Waals surface area contributed by atoms with Crippen LogP contribution in [0.5, 0.6) is 0 Å². The number of allylic oxidation sites excluding steroid dienone is 2. The minimum Gasteiger partial charge on any atom is -0.289 e. The fraction of sp³-hybridized carbons (Fsp3) is 0.294. The van der Waals surface area contributed by atoms with Crippen LogP contribution in [0.4, 0.5) is 0 Å². The maximum absolute atomic E-state index is 12.6. The average Bonchev–Trinajstić information content (AvgIpc) is 2.47. The van der Waals surface area contributed by atoms with E-state index in [1.54, 1.807) is 12.4 Å². The van der Waals surface area contributed by atoms with E-state index in [1.807, 2.05) is 24.3 Å². The van der Waals surface area contributed by atoms with Crippen molar-refractivity contribution in [3.05, 3.63) is 53.9 Å². The van der Waals surface area contributed by atoms with Gasteiger partial charge in [0.2, 0.25) is 0 Å². The van der Waals surface area contributed by atoms with E-state index >= 15 is 0 Å². The van der Waals surface area contributed by atoms with Crippen LogP contribution in [-0.4, -0.2) is 10.8 Å². The Bertz CT molecular complexity index is 652. The van der Waals surface area contributed by atoms with E-state index in [0.29, 0.717) is 5.92 Å². The Kier molecular flexibility index (Phi) is 3.16. The third kappa shape index (κ3) is 2.30. The first-order valence-corrected chi connectivity index (χ1v) is 6.82. The lowest BCUT2D eigenvalue weighted by Gasteiger charge is -2.17. The second-order valence-electron chi connectivity index (χ2n) is 5.34. The minimum atomic E-state index is 0.172. The van der Waals surface area contributed by atoms with Crippen LogP contribution >= 0.6 is 0 Å².